The highest BCUT2D eigenvalue weighted by Gasteiger charge is 2.19. The SMILES string of the molecule is C=C(NNC(=O)c1ccccc1NS(=O)(=O)c1cccs1)c1ccc(OC)cc1. The highest BCUT2D eigenvalue weighted by Crippen LogP contribution is 2.23. The van der Waals surface area contributed by atoms with E-state index in [1.807, 2.05) is 0 Å². The number of hydrogen-bond acceptors (Lipinski definition) is 6. The molecule has 29 heavy (non-hydrogen) atoms. The summed E-state index contributed by atoms with van der Waals surface area (Å²) in [5, 5.41) is 1.67. The maximum absolute atomic E-state index is 12.6. The van der Waals surface area contributed by atoms with Crippen LogP contribution in [0.1, 0.15) is 15.9 Å². The van der Waals surface area contributed by atoms with Crippen molar-refractivity contribution in [3.63, 3.8) is 0 Å². The molecule has 1 heterocycles. The van der Waals surface area contributed by atoms with E-state index >= 15 is 0 Å². The van der Waals surface area contributed by atoms with E-state index in [0.717, 1.165) is 16.9 Å². The van der Waals surface area contributed by atoms with Gasteiger partial charge in [-0.15, -0.1) is 11.3 Å². The molecule has 0 bridgehead atoms. The molecule has 9 heteroatoms. The van der Waals surface area contributed by atoms with Gasteiger partial charge in [-0.05, 0) is 53.4 Å². The quantitative estimate of drug-likeness (QED) is 0.477. The van der Waals surface area contributed by atoms with Crippen molar-refractivity contribution in [1.29, 1.82) is 0 Å². The van der Waals surface area contributed by atoms with E-state index in [0.29, 0.717) is 11.4 Å². The number of rotatable bonds is 8. The van der Waals surface area contributed by atoms with Gasteiger partial charge >= 0.3 is 0 Å². The van der Waals surface area contributed by atoms with Gasteiger partial charge < -0.3 is 4.74 Å². The van der Waals surface area contributed by atoms with Crippen LogP contribution in [0, 0.1) is 0 Å². The Hall–Kier alpha value is -3.30. The highest BCUT2D eigenvalue weighted by atomic mass is 32.2. The Morgan fingerprint density at radius 2 is 1.72 bits per heavy atom. The molecule has 0 aliphatic rings. The molecule has 0 aliphatic heterocycles. The molecule has 7 nitrogen and oxygen atoms in total. The summed E-state index contributed by atoms with van der Waals surface area (Å²) in [7, 11) is -2.19. The van der Waals surface area contributed by atoms with Crippen molar-refractivity contribution in [2.45, 2.75) is 4.21 Å². The third-order valence-electron chi connectivity index (χ3n) is 3.94. The van der Waals surface area contributed by atoms with E-state index in [-0.39, 0.29) is 15.5 Å². The molecule has 3 aromatic rings. The van der Waals surface area contributed by atoms with E-state index in [4.69, 9.17) is 4.74 Å². The van der Waals surface area contributed by atoms with Crippen molar-refractivity contribution in [2.24, 2.45) is 0 Å². The first-order chi connectivity index (χ1) is 13.9. The summed E-state index contributed by atoms with van der Waals surface area (Å²) in [5.41, 5.74) is 6.85. The molecule has 0 spiro atoms. The average Bonchev–Trinajstić information content (AvgIpc) is 3.28. The number of nitrogens with one attached hydrogen (secondary N) is 3. The first kappa shape index (κ1) is 20.4. The summed E-state index contributed by atoms with van der Waals surface area (Å²) < 4.78 is 32.7. The van der Waals surface area contributed by atoms with Gasteiger partial charge in [-0.2, -0.15) is 0 Å². The Kier molecular flexibility index (Phi) is 6.20. The minimum absolute atomic E-state index is 0.165. The minimum Gasteiger partial charge on any atom is -0.497 e. The summed E-state index contributed by atoms with van der Waals surface area (Å²) in [6.07, 6.45) is 0. The minimum atomic E-state index is -3.77. The van der Waals surface area contributed by atoms with Crippen molar-refractivity contribution in [2.75, 3.05) is 11.8 Å². The fourth-order valence-corrected chi connectivity index (χ4v) is 4.52. The number of para-hydroxylation sites is 1. The highest BCUT2D eigenvalue weighted by molar-refractivity contribution is 7.94. The smallest absolute Gasteiger partial charge is 0.271 e. The molecule has 0 saturated heterocycles. The van der Waals surface area contributed by atoms with E-state index in [1.165, 1.54) is 18.2 Å². The lowest BCUT2D eigenvalue weighted by Gasteiger charge is -2.14. The standard InChI is InChI=1S/C20H19N3O4S2/c1-14(15-9-11-16(27-2)12-10-15)21-22-20(24)17-6-3-4-7-18(17)23-29(25,26)19-8-5-13-28-19/h3-13,21,23H,1H2,2H3,(H,22,24). The molecular formula is C20H19N3O4S2. The number of anilines is 1. The number of hydrazine groups is 1. The molecule has 0 fully saturated rings. The lowest BCUT2D eigenvalue weighted by molar-refractivity contribution is 0.0943. The molecular weight excluding hydrogens is 410 g/mol. The van der Waals surface area contributed by atoms with Crippen LogP contribution < -0.4 is 20.3 Å². The summed E-state index contributed by atoms with van der Waals surface area (Å²) in [6.45, 7) is 3.88. The molecule has 0 saturated carbocycles. The zero-order chi connectivity index (χ0) is 20.9. The molecule has 0 unspecified atom stereocenters. The van der Waals surface area contributed by atoms with Gasteiger partial charge in [-0.1, -0.05) is 24.8 Å². The van der Waals surface area contributed by atoms with Crippen molar-refractivity contribution >= 4 is 38.7 Å². The van der Waals surface area contributed by atoms with Crippen LogP contribution in [0.2, 0.25) is 0 Å². The monoisotopic (exact) mass is 429 g/mol. The topological polar surface area (TPSA) is 96.5 Å². The number of carbonyl (C=O) groups excluding carboxylic acids is 1. The second-order valence-corrected chi connectivity index (χ2v) is 8.73. The number of methoxy groups -OCH3 is 1. The Bertz CT molecular complexity index is 1110. The number of sulfonamides is 1. The molecule has 3 rings (SSSR count). The molecule has 3 N–H and O–H groups in total. The van der Waals surface area contributed by atoms with Crippen molar-refractivity contribution in [3.05, 3.63) is 83.7 Å². The van der Waals surface area contributed by atoms with Crippen LogP contribution >= 0.6 is 11.3 Å². The number of carbonyl (C=O) groups is 1. The van der Waals surface area contributed by atoms with Gasteiger partial charge in [0.05, 0.1) is 24.1 Å². The lowest BCUT2D eigenvalue weighted by atomic mass is 10.1. The maximum Gasteiger partial charge on any atom is 0.271 e. The number of hydrogen-bond donors (Lipinski definition) is 3. The third-order valence-corrected chi connectivity index (χ3v) is 6.70. The average molecular weight is 430 g/mol. The maximum atomic E-state index is 12.6. The summed E-state index contributed by atoms with van der Waals surface area (Å²) >= 11 is 1.09. The summed E-state index contributed by atoms with van der Waals surface area (Å²) in [4.78, 5) is 12.6. The predicted molar refractivity (Wildman–Crippen MR) is 114 cm³/mol. The van der Waals surface area contributed by atoms with Crippen molar-refractivity contribution < 1.29 is 17.9 Å². The fourth-order valence-electron chi connectivity index (χ4n) is 2.45. The van der Waals surface area contributed by atoms with E-state index in [2.05, 4.69) is 22.2 Å². The third kappa shape index (κ3) is 4.95. The summed E-state index contributed by atoms with van der Waals surface area (Å²) in [6, 6.07) is 16.6. The largest absolute Gasteiger partial charge is 0.497 e. The number of amides is 1. The van der Waals surface area contributed by atoms with Gasteiger partial charge in [0.2, 0.25) is 0 Å². The van der Waals surface area contributed by atoms with Crippen LogP contribution in [-0.2, 0) is 10.0 Å². The van der Waals surface area contributed by atoms with Gasteiger partial charge in [0.25, 0.3) is 15.9 Å². The molecule has 0 radical (unpaired) electrons. The van der Waals surface area contributed by atoms with Crippen LogP contribution in [-0.4, -0.2) is 21.4 Å². The lowest BCUT2D eigenvalue weighted by Crippen LogP contribution is -2.36. The van der Waals surface area contributed by atoms with Crippen LogP contribution in [0.25, 0.3) is 5.70 Å². The molecule has 150 valence electrons. The molecule has 1 amide bonds. The van der Waals surface area contributed by atoms with Crippen molar-refractivity contribution in [3.8, 4) is 5.75 Å². The summed E-state index contributed by atoms with van der Waals surface area (Å²) in [5.74, 6) is 0.196. The molecule has 0 aliphatic carbocycles. The number of ether oxygens (including phenoxy) is 1. The predicted octanol–water partition coefficient (Wildman–Crippen LogP) is 3.46. The second-order valence-electron chi connectivity index (χ2n) is 5.87. The van der Waals surface area contributed by atoms with Gasteiger partial charge in [0, 0.05) is 0 Å². The number of benzene rings is 2. The van der Waals surface area contributed by atoms with Gasteiger partial charge in [-0.25, -0.2) is 8.42 Å². The zero-order valence-corrected chi connectivity index (χ0v) is 17.1. The number of thiophene rings is 1. The van der Waals surface area contributed by atoms with Gasteiger partial charge in [0.1, 0.15) is 9.96 Å². The molecule has 2 aromatic carbocycles. The fraction of sp³-hybridized carbons (Fsp3) is 0.0500. The molecule has 1 aromatic heterocycles. The van der Waals surface area contributed by atoms with E-state index < -0.39 is 15.9 Å². The van der Waals surface area contributed by atoms with Crippen LogP contribution in [0.3, 0.4) is 0 Å². The van der Waals surface area contributed by atoms with Crippen LogP contribution in [0.4, 0.5) is 5.69 Å². The Labute approximate surface area is 173 Å². The van der Waals surface area contributed by atoms with Crippen LogP contribution in [0.5, 0.6) is 5.75 Å². The Balaban J connectivity index is 1.70. The van der Waals surface area contributed by atoms with E-state index in [9.17, 15) is 13.2 Å². The first-order valence-electron chi connectivity index (χ1n) is 8.46. The first-order valence-corrected chi connectivity index (χ1v) is 10.8. The Morgan fingerprint density at radius 1 is 1.00 bits per heavy atom. The van der Waals surface area contributed by atoms with E-state index in [1.54, 1.807) is 55.0 Å². The van der Waals surface area contributed by atoms with Crippen LogP contribution in [0.15, 0.2) is 76.8 Å². The van der Waals surface area contributed by atoms with Gasteiger partial charge in [0.15, 0.2) is 0 Å². The normalized spacial score (nSPS) is 10.8. The van der Waals surface area contributed by atoms with Crippen molar-refractivity contribution in [1.82, 2.24) is 10.9 Å². The Morgan fingerprint density at radius 3 is 2.38 bits per heavy atom. The molecule has 0 atom stereocenters. The second kappa shape index (κ2) is 8.80. The van der Waals surface area contributed by atoms with Gasteiger partial charge in [-0.3, -0.25) is 20.4 Å². The zero-order valence-electron chi connectivity index (χ0n) is 15.5.